The van der Waals surface area contributed by atoms with Crippen LogP contribution in [0.4, 0.5) is 0 Å². The van der Waals surface area contributed by atoms with Gasteiger partial charge in [-0.25, -0.2) is 0 Å². The number of aliphatic hydroxyl groups is 1. The van der Waals surface area contributed by atoms with Gasteiger partial charge < -0.3 is 5.11 Å². The van der Waals surface area contributed by atoms with Crippen LogP contribution >= 0.6 is 27.7 Å². The summed E-state index contributed by atoms with van der Waals surface area (Å²) in [6, 6.07) is 6.48. The molecule has 0 saturated heterocycles. The molecule has 0 atom stereocenters. The lowest BCUT2D eigenvalue weighted by Crippen LogP contribution is -2.11. The first-order valence-electron chi connectivity index (χ1n) is 5.25. The fourth-order valence-corrected chi connectivity index (χ4v) is 3.19. The molecule has 0 aliphatic heterocycles. The average molecular weight is 287 g/mol. The third-order valence-corrected chi connectivity index (χ3v) is 4.87. The molecule has 1 aromatic carbocycles. The van der Waals surface area contributed by atoms with Crippen LogP contribution in [0, 0.1) is 0 Å². The molecule has 0 bridgehead atoms. The highest BCUT2D eigenvalue weighted by atomic mass is 79.9. The zero-order valence-electron chi connectivity index (χ0n) is 8.79. The van der Waals surface area contributed by atoms with Crippen molar-refractivity contribution in [3.05, 3.63) is 28.2 Å². The third-order valence-electron chi connectivity index (χ3n) is 3.00. The van der Waals surface area contributed by atoms with E-state index in [0.717, 1.165) is 23.1 Å². The van der Waals surface area contributed by atoms with Crippen LogP contribution in [0.25, 0.3) is 0 Å². The summed E-state index contributed by atoms with van der Waals surface area (Å²) >= 11 is 5.43. The molecule has 0 unspecified atom stereocenters. The molecule has 1 nitrogen and oxygen atoms in total. The minimum absolute atomic E-state index is 0.0813. The van der Waals surface area contributed by atoms with Crippen LogP contribution < -0.4 is 0 Å². The fourth-order valence-electron chi connectivity index (χ4n) is 1.79. The smallest absolute Gasteiger partial charge is 0.0527 e. The highest BCUT2D eigenvalue weighted by Crippen LogP contribution is 2.48. The van der Waals surface area contributed by atoms with E-state index in [-0.39, 0.29) is 12.0 Å². The fraction of sp³-hybridized carbons (Fsp3) is 0.500. The monoisotopic (exact) mass is 286 g/mol. The largest absolute Gasteiger partial charge is 0.395 e. The molecule has 0 heterocycles. The van der Waals surface area contributed by atoms with Crippen LogP contribution in [-0.4, -0.2) is 17.5 Å². The first-order valence-corrected chi connectivity index (χ1v) is 7.03. The molecule has 0 amide bonds. The quantitative estimate of drug-likeness (QED) is 0.854. The minimum Gasteiger partial charge on any atom is -0.395 e. The van der Waals surface area contributed by atoms with Gasteiger partial charge in [0, 0.05) is 14.8 Å². The molecular weight excluding hydrogens is 272 g/mol. The normalized spacial score (nSPS) is 17.8. The van der Waals surface area contributed by atoms with Crippen molar-refractivity contribution in [2.24, 2.45) is 0 Å². The maximum atomic E-state index is 9.35. The Morgan fingerprint density at radius 2 is 2.20 bits per heavy atom. The van der Waals surface area contributed by atoms with Crippen molar-refractivity contribution in [2.45, 2.75) is 30.1 Å². The summed E-state index contributed by atoms with van der Waals surface area (Å²) in [7, 11) is 0. The Hall–Kier alpha value is 0.01000. The Morgan fingerprint density at radius 1 is 1.47 bits per heavy atom. The maximum absolute atomic E-state index is 9.35. The third kappa shape index (κ3) is 2.24. The summed E-state index contributed by atoms with van der Waals surface area (Å²) < 4.78 is 1.16. The molecule has 0 spiro atoms. The summed E-state index contributed by atoms with van der Waals surface area (Å²) in [4.78, 5) is 1.29. The topological polar surface area (TPSA) is 20.2 Å². The van der Waals surface area contributed by atoms with E-state index < -0.39 is 0 Å². The first-order chi connectivity index (χ1) is 7.22. The maximum Gasteiger partial charge on any atom is 0.0527 e. The molecule has 1 fully saturated rings. The van der Waals surface area contributed by atoms with E-state index >= 15 is 0 Å². The molecule has 15 heavy (non-hydrogen) atoms. The predicted molar refractivity (Wildman–Crippen MR) is 68.5 cm³/mol. The van der Waals surface area contributed by atoms with E-state index in [2.05, 4.69) is 41.1 Å². The van der Waals surface area contributed by atoms with Gasteiger partial charge in [0.05, 0.1) is 6.61 Å². The van der Waals surface area contributed by atoms with Crippen molar-refractivity contribution in [2.75, 3.05) is 12.4 Å². The van der Waals surface area contributed by atoms with Gasteiger partial charge in [-0.3, -0.25) is 0 Å². The first kappa shape index (κ1) is 11.5. The van der Waals surface area contributed by atoms with Crippen LogP contribution in [-0.2, 0) is 5.41 Å². The zero-order valence-corrected chi connectivity index (χ0v) is 11.2. The molecule has 0 aromatic heterocycles. The van der Waals surface area contributed by atoms with E-state index in [1.165, 1.54) is 10.5 Å². The molecular formula is C12H15BrOS. The second-order valence-electron chi connectivity index (χ2n) is 4.02. The SMILES string of the molecule is CCSc1ccc(C2(CO)CC2)cc1Br. The van der Waals surface area contributed by atoms with Gasteiger partial charge in [-0.05, 0) is 52.2 Å². The summed E-state index contributed by atoms with van der Waals surface area (Å²) in [5.74, 6) is 1.09. The van der Waals surface area contributed by atoms with Crippen LogP contribution in [0.2, 0.25) is 0 Å². The van der Waals surface area contributed by atoms with Crippen LogP contribution in [0.3, 0.4) is 0 Å². The summed E-state index contributed by atoms with van der Waals surface area (Å²) in [5, 5.41) is 9.35. The van der Waals surface area contributed by atoms with Crippen molar-refractivity contribution >= 4 is 27.7 Å². The van der Waals surface area contributed by atoms with E-state index in [1.807, 2.05) is 11.8 Å². The number of aliphatic hydroxyl groups excluding tert-OH is 1. The van der Waals surface area contributed by atoms with Crippen molar-refractivity contribution in [3.63, 3.8) is 0 Å². The summed E-state index contributed by atoms with van der Waals surface area (Å²) in [6.07, 6.45) is 2.24. The molecule has 1 aliphatic rings. The minimum atomic E-state index is 0.0813. The van der Waals surface area contributed by atoms with Crippen LogP contribution in [0.15, 0.2) is 27.6 Å². The van der Waals surface area contributed by atoms with Gasteiger partial charge >= 0.3 is 0 Å². The van der Waals surface area contributed by atoms with Gasteiger partial charge in [-0.15, -0.1) is 11.8 Å². The molecule has 82 valence electrons. The molecule has 2 rings (SSSR count). The lowest BCUT2D eigenvalue weighted by atomic mass is 9.97. The molecule has 1 N–H and O–H groups in total. The van der Waals surface area contributed by atoms with E-state index in [0.29, 0.717) is 0 Å². The van der Waals surface area contributed by atoms with Crippen LogP contribution in [0.1, 0.15) is 25.3 Å². The van der Waals surface area contributed by atoms with Gasteiger partial charge in [0.15, 0.2) is 0 Å². The lowest BCUT2D eigenvalue weighted by molar-refractivity contribution is 0.255. The Labute approximate surface area is 103 Å². The number of hydrogen-bond acceptors (Lipinski definition) is 2. The highest BCUT2D eigenvalue weighted by molar-refractivity contribution is 9.10. The number of rotatable bonds is 4. The van der Waals surface area contributed by atoms with Gasteiger partial charge in [-0.1, -0.05) is 13.0 Å². The predicted octanol–water partition coefficient (Wildman–Crippen LogP) is 3.59. The lowest BCUT2D eigenvalue weighted by Gasteiger charge is -2.13. The van der Waals surface area contributed by atoms with Gasteiger partial charge in [0.1, 0.15) is 0 Å². The van der Waals surface area contributed by atoms with E-state index in [1.54, 1.807) is 0 Å². The number of benzene rings is 1. The molecule has 1 saturated carbocycles. The van der Waals surface area contributed by atoms with Gasteiger partial charge in [-0.2, -0.15) is 0 Å². The molecule has 1 aliphatic carbocycles. The van der Waals surface area contributed by atoms with Crippen molar-refractivity contribution in [1.29, 1.82) is 0 Å². The number of halogens is 1. The van der Waals surface area contributed by atoms with Gasteiger partial charge in [0.25, 0.3) is 0 Å². The van der Waals surface area contributed by atoms with Crippen molar-refractivity contribution in [1.82, 2.24) is 0 Å². The Balaban J connectivity index is 2.25. The zero-order chi connectivity index (χ0) is 10.9. The Kier molecular flexibility index (Phi) is 3.43. The second-order valence-corrected chi connectivity index (χ2v) is 6.18. The molecule has 0 radical (unpaired) electrons. The second kappa shape index (κ2) is 4.48. The Morgan fingerprint density at radius 3 is 2.67 bits per heavy atom. The highest BCUT2D eigenvalue weighted by Gasteiger charge is 2.43. The van der Waals surface area contributed by atoms with Crippen molar-refractivity contribution < 1.29 is 5.11 Å². The average Bonchev–Trinajstić information content (AvgIpc) is 3.02. The number of thioether (sulfide) groups is 1. The van der Waals surface area contributed by atoms with E-state index in [9.17, 15) is 5.11 Å². The summed E-state index contributed by atoms with van der Waals surface area (Å²) in [6.45, 7) is 2.43. The molecule has 3 heteroatoms. The van der Waals surface area contributed by atoms with E-state index in [4.69, 9.17) is 0 Å². The summed E-state index contributed by atoms with van der Waals surface area (Å²) in [5.41, 5.74) is 1.36. The van der Waals surface area contributed by atoms with Crippen molar-refractivity contribution in [3.8, 4) is 0 Å². The standard InChI is InChI=1S/C12H15BrOS/c1-2-15-11-4-3-9(7-10(11)13)12(8-14)5-6-12/h3-4,7,14H,2,5-6,8H2,1H3. The molecule has 1 aromatic rings. The van der Waals surface area contributed by atoms with Crippen LogP contribution in [0.5, 0.6) is 0 Å². The Bertz CT molecular complexity index is 361. The number of hydrogen-bond donors (Lipinski definition) is 1. The van der Waals surface area contributed by atoms with Gasteiger partial charge in [0.2, 0.25) is 0 Å².